The van der Waals surface area contributed by atoms with Crippen molar-refractivity contribution in [3.05, 3.63) is 35.9 Å². The van der Waals surface area contributed by atoms with Gasteiger partial charge < -0.3 is 10.2 Å². The van der Waals surface area contributed by atoms with E-state index >= 15 is 0 Å². The molecule has 3 atom stereocenters. The van der Waals surface area contributed by atoms with Crippen molar-refractivity contribution in [3.8, 4) is 0 Å². The van der Waals surface area contributed by atoms with E-state index in [1.807, 2.05) is 0 Å². The van der Waals surface area contributed by atoms with Gasteiger partial charge in [-0.2, -0.15) is 11.8 Å². The summed E-state index contributed by atoms with van der Waals surface area (Å²) in [5, 5.41) is 4.59. The molecular weight excluding hydrogens is 240 g/mol. The van der Waals surface area contributed by atoms with Crippen molar-refractivity contribution in [2.24, 2.45) is 0 Å². The standard InChI is InChI=1S/C15H24N2S/c1-12-14(9-10-18-12)16-15(11-17(2)3)13-7-5-4-6-8-13/h4-8,12,14-16H,9-11H2,1-3H3. The van der Waals surface area contributed by atoms with Crippen molar-refractivity contribution >= 4 is 11.8 Å². The Morgan fingerprint density at radius 1 is 1.33 bits per heavy atom. The van der Waals surface area contributed by atoms with Crippen molar-refractivity contribution in [3.63, 3.8) is 0 Å². The molecule has 0 radical (unpaired) electrons. The third-order valence-corrected chi connectivity index (χ3v) is 4.87. The van der Waals surface area contributed by atoms with Crippen LogP contribution in [-0.2, 0) is 0 Å². The van der Waals surface area contributed by atoms with Gasteiger partial charge in [0.2, 0.25) is 0 Å². The summed E-state index contributed by atoms with van der Waals surface area (Å²) in [6.07, 6.45) is 1.29. The van der Waals surface area contributed by atoms with E-state index in [0.29, 0.717) is 12.1 Å². The van der Waals surface area contributed by atoms with E-state index in [9.17, 15) is 0 Å². The summed E-state index contributed by atoms with van der Waals surface area (Å²) < 4.78 is 0. The lowest BCUT2D eigenvalue weighted by molar-refractivity contribution is 0.318. The zero-order chi connectivity index (χ0) is 13.0. The zero-order valence-electron chi connectivity index (χ0n) is 11.6. The monoisotopic (exact) mass is 264 g/mol. The van der Waals surface area contributed by atoms with Crippen LogP contribution in [0.25, 0.3) is 0 Å². The summed E-state index contributed by atoms with van der Waals surface area (Å²) >= 11 is 2.09. The lowest BCUT2D eigenvalue weighted by Gasteiger charge is -2.28. The quantitative estimate of drug-likeness (QED) is 0.880. The average Bonchev–Trinajstić information content (AvgIpc) is 2.75. The van der Waals surface area contributed by atoms with E-state index in [4.69, 9.17) is 0 Å². The summed E-state index contributed by atoms with van der Waals surface area (Å²) in [6.45, 7) is 3.39. The smallest absolute Gasteiger partial charge is 0.0451 e. The highest BCUT2D eigenvalue weighted by molar-refractivity contribution is 8.00. The molecule has 0 amide bonds. The lowest BCUT2D eigenvalue weighted by atomic mass is 10.0. The summed E-state index contributed by atoms with van der Waals surface area (Å²) in [4.78, 5) is 2.26. The van der Waals surface area contributed by atoms with Gasteiger partial charge in [0.25, 0.3) is 0 Å². The maximum absolute atomic E-state index is 3.85. The maximum atomic E-state index is 3.85. The van der Waals surface area contributed by atoms with Crippen molar-refractivity contribution < 1.29 is 0 Å². The molecule has 1 fully saturated rings. The van der Waals surface area contributed by atoms with E-state index in [0.717, 1.165) is 11.8 Å². The van der Waals surface area contributed by atoms with E-state index in [1.165, 1.54) is 17.7 Å². The van der Waals surface area contributed by atoms with Gasteiger partial charge in [-0.15, -0.1) is 0 Å². The van der Waals surface area contributed by atoms with Crippen LogP contribution in [0.1, 0.15) is 24.9 Å². The Morgan fingerprint density at radius 3 is 2.61 bits per heavy atom. The van der Waals surface area contributed by atoms with Crippen LogP contribution in [0.5, 0.6) is 0 Å². The van der Waals surface area contributed by atoms with Crippen LogP contribution >= 0.6 is 11.8 Å². The first-order valence-corrected chi connectivity index (χ1v) is 7.79. The van der Waals surface area contributed by atoms with Gasteiger partial charge in [-0.1, -0.05) is 37.3 Å². The number of thioether (sulfide) groups is 1. The van der Waals surface area contributed by atoms with Crippen molar-refractivity contribution in [2.75, 3.05) is 26.4 Å². The van der Waals surface area contributed by atoms with Gasteiger partial charge in [0.05, 0.1) is 0 Å². The molecule has 1 aliphatic heterocycles. The Morgan fingerprint density at radius 2 is 2.06 bits per heavy atom. The highest BCUT2D eigenvalue weighted by Gasteiger charge is 2.26. The minimum absolute atomic E-state index is 0.437. The second-order valence-electron chi connectivity index (χ2n) is 5.36. The van der Waals surface area contributed by atoms with Gasteiger partial charge in [0.15, 0.2) is 0 Å². The fourth-order valence-electron chi connectivity index (χ4n) is 2.51. The molecule has 1 aromatic rings. The second-order valence-corrected chi connectivity index (χ2v) is 6.85. The minimum atomic E-state index is 0.437. The first-order valence-electron chi connectivity index (χ1n) is 6.74. The van der Waals surface area contributed by atoms with E-state index in [1.54, 1.807) is 0 Å². The van der Waals surface area contributed by atoms with Crippen molar-refractivity contribution in [1.29, 1.82) is 0 Å². The fraction of sp³-hybridized carbons (Fsp3) is 0.600. The molecule has 1 aliphatic rings. The first kappa shape index (κ1) is 13.9. The molecule has 0 aliphatic carbocycles. The van der Waals surface area contributed by atoms with Gasteiger partial charge >= 0.3 is 0 Å². The molecule has 18 heavy (non-hydrogen) atoms. The van der Waals surface area contributed by atoms with Crippen molar-refractivity contribution in [2.45, 2.75) is 30.7 Å². The predicted octanol–water partition coefficient (Wildman–Crippen LogP) is 2.77. The van der Waals surface area contributed by atoms with Crippen LogP contribution in [0, 0.1) is 0 Å². The Labute approximate surface area is 115 Å². The molecule has 1 N–H and O–H groups in total. The highest BCUT2D eigenvalue weighted by Crippen LogP contribution is 2.28. The number of rotatable bonds is 5. The normalized spacial score (nSPS) is 25.6. The van der Waals surface area contributed by atoms with E-state index in [2.05, 4.69) is 73.3 Å². The maximum Gasteiger partial charge on any atom is 0.0451 e. The molecule has 0 bridgehead atoms. The molecule has 0 aromatic heterocycles. The van der Waals surface area contributed by atoms with E-state index in [-0.39, 0.29) is 0 Å². The van der Waals surface area contributed by atoms with Crippen LogP contribution in [0.15, 0.2) is 30.3 Å². The van der Waals surface area contributed by atoms with Crippen LogP contribution in [-0.4, -0.2) is 42.6 Å². The summed E-state index contributed by atoms with van der Waals surface area (Å²) in [5.41, 5.74) is 1.40. The summed E-state index contributed by atoms with van der Waals surface area (Å²) in [7, 11) is 4.29. The number of nitrogens with zero attached hydrogens (tertiary/aromatic N) is 1. The van der Waals surface area contributed by atoms with Crippen LogP contribution in [0.3, 0.4) is 0 Å². The summed E-state index contributed by atoms with van der Waals surface area (Å²) in [6, 6.07) is 11.9. The van der Waals surface area contributed by atoms with Crippen molar-refractivity contribution in [1.82, 2.24) is 10.2 Å². The molecule has 3 unspecified atom stereocenters. The Bertz CT molecular complexity index is 353. The number of benzene rings is 1. The second kappa shape index (κ2) is 6.60. The van der Waals surface area contributed by atoms with Gasteiger partial charge in [-0.05, 0) is 31.8 Å². The first-order chi connectivity index (χ1) is 8.66. The van der Waals surface area contributed by atoms with E-state index < -0.39 is 0 Å². The Hall–Kier alpha value is -0.510. The SMILES string of the molecule is CC1SCCC1NC(CN(C)C)c1ccccc1. The summed E-state index contributed by atoms with van der Waals surface area (Å²) in [5.74, 6) is 1.29. The Balaban J connectivity index is 2.05. The fourth-order valence-corrected chi connectivity index (χ4v) is 3.72. The minimum Gasteiger partial charge on any atom is -0.308 e. The molecule has 1 saturated heterocycles. The molecule has 100 valence electrons. The topological polar surface area (TPSA) is 15.3 Å². The lowest BCUT2D eigenvalue weighted by Crippen LogP contribution is -2.40. The number of nitrogens with one attached hydrogen (secondary N) is 1. The zero-order valence-corrected chi connectivity index (χ0v) is 12.4. The van der Waals surface area contributed by atoms with Gasteiger partial charge in [-0.3, -0.25) is 0 Å². The molecule has 0 saturated carbocycles. The third-order valence-electron chi connectivity index (χ3n) is 3.54. The van der Waals surface area contributed by atoms with Gasteiger partial charge in [0, 0.05) is 23.9 Å². The molecule has 1 heterocycles. The molecule has 2 rings (SSSR count). The molecule has 2 nitrogen and oxygen atoms in total. The third kappa shape index (κ3) is 3.74. The largest absolute Gasteiger partial charge is 0.308 e. The molecular formula is C15H24N2S. The number of hydrogen-bond acceptors (Lipinski definition) is 3. The highest BCUT2D eigenvalue weighted by atomic mass is 32.2. The number of hydrogen-bond donors (Lipinski definition) is 1. The predicted molar refractivity (Wildman–Crippen MR) is 81.2 cm³/mol. The molecule has 1 aromatic carbocycles. The van der Waals surface area contributed by atoms with Gasteiger partial charge in [-0.25, -0.2) is 0 Å². The van der Waals surface area contributed by atoms with Crippen LogP contribution in [0.2, 0.25) is 0 Å². The average molecular weight is 264 g/mol. The Kier molecular flexibility index (Phi) is 5.10. The van der Waals surface area contributed by atoms with Gasteiger partial charge in [0.1, 0.15) is 0 Å². The molecule has 0 spiro atoms. The van der Waals surface area contributed by atoms with Crippen LogP contribution < -0.4 is 5.32 Å². The number of likely N-dealkylation sites (N-methyl/N-ethyl adjacent to an activating group) is 1. The molecule has 3 heteroatoms. The van der Waals surface area contributed by atoms with Crippen LogP contribution in [0.4, 0.5) is 0 Å².